The third-order valence-electron chi connectivity index (χ3n) is 3.62. The van der Waals surface area contributed by atoms with Crippen molar-refractivity contribution in [3.05, 3.63) is 39.8 Å². The molecule has 0 bridgehead atoms. The van der Waals surface area contributed by atoms with Gasteiger partial charge in [-0.3, -0.25) is 4.79 Å². The van der Waals surface area contributed by atoms with Crippen molar-refractivity contribution >= 4 is 34.5 Å². The highest BCUT2D eigenvalue weighted by atomic mass is 35.5. The minimum absolute atomic E-state index is 0.0611. The lowest BCUT2D eigenvalue weighted by Crippen LogP contribution is -2.31. The number of hydrogen-bond acceptors (Lipinski definition) is 4. The standard InChI is InChI=1S/C16H17ClN2O2S/c1-2-14-18-12(10-22-14)9-19(15(20)8-17)13-5-3-4-11-6-7-21-16(11)13/h3-5,10H,2,6-9H2,1H3. The highest BCUT2D eigenvalue weighted by Crippen LogP contribution is 2.37. The van der Waals surface area contributed by atoms with Crippen LogP contribution in [0.1, 0.15) is 23.2 Å². The van der Waals surface area contributed by atoms with E-state index in [0.717, 1.165) is 40.5 Å². The van der Waals surface area contributed by atoms with E-state index in [9.17, 15) is 4.79 Å². The van der Waals surface area contributed by atoms with Gasteiger partial charge in [0.15, 0.2) is 0 Å². The number of fused-ring (bicyclic) bond motifs is 1. The van der Waals surface area contributed by atoms with Crippen molar-refractivity contribution in [1.29, 1.82) is 0 Å². The van der Waals surface area contributed by atoms with Gasteiger partial charge in [0, 0.05) is 11.8 Å². The fourth-order valence-electron chi connectivity index (χ4n) is 2.54. The van der Waals surface area contributed by atoms with Gasteiger partial charge in [-0.2, -0.15) is 0 Å². The summed E-state index contributed by atoms with van der Waals surface area (Å²) in [5, 5.41) is 3.07. The monoisotopic (exact) mass is 336 g/mol. The SMILES string of the molecule is CCc1nc(CN(C(=O)CCl)c2cccc3c2OCC3)cs1. The lowest BCUT2D eigenvalue weighted by molar-refractivity contribution is -0.116. The number of ether oxygens (including phenoxy) is 1. The van der Waals surface area contributed by atoms with Crippen LogP contribution in [0.5, 0.6) is 5.75 Å². The number of carbonyl (C=O) groups excluding carboxylic acids is 1. The number of aromatic nitrogens is 1. The molecule has 116 valence electrons. The van der Waals surface area contributed by atoms with Crippen LogP contribution in [0.25, 0.3) is 0 Å². The second kappa shape index (κ2) is 6.67. The number of aryl methyl sites for hydroxylation is 1. The first-order valence-electron chi connectivity index (χ1n) is 7.27. The first-order valence-corrected chi connectivity index (χ1v) is 8.68. The third kappa shape index (κ3) is 2.96. The molecule has 0 aliphatic carbocycles. The summed E-state index contributed by atoms with van der Waals surface area (Å²) in [6, 6.07) is 5.89. The zero-order valence-electron chi connectivity index (χ0n) is 12.3. The molecular formula is C16H17ClN2O2S. The van der Waals surface area contributed by atoms with Crippen LogP contribution in [-0.2, 0) is 24.2 Å². The third-order valence-corrected chi connectivity index (χ3v) is 4.89. The Balaban J connectivity index is 1.93. The van der Waals surface area contributed by atoms with Crippen LogP contribution in [0, 0.1) is 0 Å². The van der Waals surface area contributed by atoms with E-state index in [1.165, 1.54) is 0 Å². The maximum atomic E-state index is 12.3. The van der Waals surface area contributed by atoms with E-state index >= 15 is 0 Å². The van der Waals surface area contributed by atoms with Gasteiger partial charge in [0.2, 0.25) is 5.91 Å². The Kier molecular flexibility index (Phi) is 4.64. The number of amides is 1. The first kappa shape index (κ1) is 15.3. The van der Waals surface area contributed by atoms with Crippen molar-refractivity contribution in [3.8, 4) is 5.75 Å². The second-order valence-corrected chi connectivity index (χ2v) is 6.27. The number of nitrogens with zero attached hydrogens (tertiary/aromatic N) is 2. The highest BCUT2D eigenvalue weighted by Gasteiger charge is 2.24. The van der Waals surface area contributed by atoms with Gasteiger partial charge in [-0.25, -0.2) is 4.98 Å². The second-order valence-electron chi connectivity index (χ2n) is 5.06. The Bertz CT molecular complexity index is 687. The summed E-state index contributed by atoms with van der Waals surface area (Å²) in [6.07, 6.45) is 1.78. The van der Waals surface area contributed by atoms with Crippen LogP contribution < -0.4 is 9.64 Å². The Morgan fingerprint density at radius 2 is 2.36 bits per heavy atom. The molecule has 6 heteroatoms. The number of rotatable bonds is 5. The van der Waals surface area contributed by atoms with Crippen molar-refractivity contribution in [2.24, 2.45) is 0 Å². The summed E-state index contributed by atoms with van der Waals surface area (Å²) >= 11 is 7.41. The molecule has 0 radical (unpaired) electrons. The predicted molar refractivity (Wildman–Crippen MR) is 89.0 cm³/mol. The van der Waals surface area contributed by atoms with Crippen molar-refractivity contribution in [3.63, 3.8) is 0 Å². The number of benzene rings is 1. The molecule has 22 heavy (non-hydrogen) atoms. The number of para-hydroxylation sites is 1. The van der Waals surface area contributed by atoms with E-state index in [1.807, 2.05) is 23.6 Å². The summed E-state index contributed by atoms with van der Waals surface area (Å²) in [6.45, 7) is 3.15. The van der Waals surface area contributed by atoms with Crippen molar-refractivity contribution in [2.75, 3.05) is 17.4 Å². The Morgan fingerprint density at radius 1 is 1.50 bits per heavy atom. The van der Waals surface area contributed by atoms with E-state index in [1.54, 1.807) is 16.2 Å². The normalized spacial score (nSPS) is 12.8. The predicted octanol–water partition coefficient (Wildman–Crippen LogP) is 3.41. The average molecular weight is 337 g/mol. The number of anilines is 1. The van der Waals surface area contributed by atoms with E-state index < -0.39 is 0 Å². The first-order chi connectivity index (χ1) is 10.7. The van der Waals surface area contributed by atoms with Gasteiger partial charge in [0.05, 0.1) is 29.5 Å². The average Bonchev–Trinajstić information content (AvgIpc) is 3.20. The Morgan fingerprint density at radius 3 is 3.09 bits per heavy atom. The van der Waals surface area contributed by atoms with Gasteiger partial charge in [0.25, 0.3) is 0 Å². The summed E-state index contributed by atoms with van der Waals surface area (Å²) in [5.41, 5.74) is 2.81. The Hall–Kier alpha value is -1.59. The molecular weight excluding hydrogens is 320 g/mol. The van der Waals surface area contributed by atoms with Crippen LogP contribution in [-0.4, -0.2) is 23.4 Å². The molecule has 0 fully saturated rings. The minimum Gasteiger partial charge on any atom is -0.491 e. The molecule has 0 N–H and O–H groups in total. The molecule has 4 nitrogen and oxygen atoms in total. The van der Waals surface area contributed by atoms with Crippen molar-refractivity contribution in [2.45, 2.75) is 26.3 Å². The van der Waals surface area contributed by atoms with E-state index in [0.29, 0.717) is 13.2 Å². The van der Waals surface area contributed by atoms with Gasteiger partial charge in [-0.1, -0.05) is 19.1 Å². The molecule has 1 aromatic heterocycles. The number of carbonyl (C=O) groups is 1. The smallest absolute Gasteiger partial charge is 0.242 e. The molecule has 2 heterocycles. The van der Waals surface area contributed by atoms with Crippen molar-refractivity contribution in [1.82, 2.24) is 4.98 Å². The van der Waals surface area contributed by atoms with Crippen LogP contribution in [0.3, 0.4) is 0 Å². The van der Waals surface area contributed by atoms with Crippen LogP contribution in [0.4, 0.5) is 5.69 Å². The molecule has 0 saturated heterocycles. The lowest BCUT2D eigenvalue weighted by Gasteiger charge is -2.23. The molecule has 2 aromatic rings. The van der Waals surface area contributed by atoms with Gasteiger partial charge >= 0.3 is 0 Å². The van der Waals surface area contributed by atoms with Crippen LogP contribution in [0.2, 0.25) is 0 Å². The summed E-state index contributed by atoms with van der Waals surface area (Å²) in [7, 11) is 0. The quantitative estimate of drug-likeness (QED) is 0.786. The molecule has 0 spiro atoms. The van der Waals surface area contributed by atoms with E-state index in [4.69, 9.17) is 16.3 Å². The van der Waals surface area contributed by atoms with Crippen LogP contribution >= 0.6 is 22.9 Å². The molecule has 0 saturated carbocycles. The molecule has 3 rings (SSSR count). The number of alkyl halides is 1. The van der Waals surface area contributed by atoms with Gasteiger partial charge in [0.1, 0.15) is 11.6 Å². The molecule has 0 unspecified atom stereocenters. The van der Waals surface area contributed by atoms with Crippen molar-refractivity contribution < 1.29 is 9.53 Å². The number of hydrogen-bond donors (Lipinski definition) is 0. The lowest BCUT2D eigenvalue weighted by atomic mass is 10.1. The highest BCUT2D eigenvalue weighted by molar-refractivity contribution is 7.09. The zero-order chi connectivity index (χ0) is 15.5. The molecule has 0 atom stereocenters. The van der Waals surface area contributed by atoms with E-state index in [2.05, 4.69) is 11.9 Å². The topological polar surface area (TPSA) is 42.4 Å². The molecule has 1 aliphatic rings. The maximum Gasteiger partial charge on any atom is 0.242 e. The number of halogens is 1. The van der Waals surface area contributed by atoms with E-state index in [-0.39, 0.29) is 11.8 Å². The molecule has 1 aliphatic heterocycles. The minimum atomic E-state index is -0.142. The fraction of sp³-hybridized carbons (Fsp3) is 0.375. The molecule has 1 amide bonds. The van der Waals surface area contributed by atoms with Gasteiger partial charge in [-0.05, 0) is 18.1 Å². The summed E-state index contributed by atoms with van der Waals surface area (Å²) in [5.74, 6) is 0.595. The number of thiazole rings is 1. The summed E-state index contributed by atoms with van der Waals surface area (Å²) < 4.78 is 5.71. The largest absolute Gasteiger partial charge is 0.491 e. The van der Waals surface area contributed by atoms with Crippen LogP contribution in [0.15, 0.2) is 23.6 Å². The Labute approximate surface area is 138 Å². The fourth-order valence-corrected chi connectivity index (χ4v) is 3.42. The summed E-state index contributed by atoms with van der Waals surface area (Å²) in [4.78, 5) is 18.5. The zero-order valence-corrected chi connectivity index (χ0v) is 13.9. The van der Waals surface area contributed by atoms with Gasteiger partial charge < -0.3 is 9.64 Å². The maximum absolute atomic E-state index is 12.3. The van der Waals surface area contributed by atoms with Gasteiger partial charge in [-0.15, -0.1) is 22.9 Å². The molecule has 1 aromatic carbocycles.